The van der Waals surface area contributed by atoms with Crippen molar-refractivity contribution in [1.82, 2.24) is 10.6 Å². The molecule has 2 unspecified atom stereocenters. The molecule has 0 saturated carbocycles. The van der Waals surface area contributed by atoms with Crippen LogP contribution in [0.3, 0.4) is 0 Å². The van der Waals surface area contributed by atoms with Crippen LogP contribution in [0, 0.1) is 0 Å². The maximum Gasteiger partial charge on any atom is 0.328 e. The Labute approximate surface area is 88.7 Å². The van der Waals surface area contributed by atoms with E-state index in [2.05, 4.69) is 10.6 Å². The highest BCUT2D eigenvalue weighted by atomic mass is 16.4. The minimum Gasteiger partial charge on any atom is -0.480 e. The van der Waals surface area contributed by atoms with Crippen molar-refractivity contribution in [3.63, 3.8) is 0 Å². The topological polar surface area (TPSA) is 98.7 Å². The molecule has 0 fully saturated rings. The zero-order valence-electron chi connectivity index (χ0n) is 9.37. The fourth-order valence-electron chi connectivity index (χ4n) is 0.907. The third-order valence-electron chi connectivity index (χ3n) is 1.52. The summed E-state index contributed by atoms with van der Waals surface area (Å²) in [5, 5.41) is 22.5. The van der Waals surface area contributed by atoms with Crippen molar-refractivity contribution in [3.05, 3.63) is 0 Å². The summed E-state index contributed by atoms with van der Waals surface area (Å²) in [6, 6.07) is -1.91. The number of hydrogen-bond donors (Lipinski definition) is 4. The first-order chi connectivity index (χ1) is 6.63. The van der Waals surface area contributed by atoms with Crippen LogP contribution < -0.4 is 10.6 Å². The van der Waals surface area contributed by atoms with E-state index in [4.69, 9.17) is 10.2 Å². The molecule has 0 aromatic carbocycles. The fraction of sp³-hybridized carbons (Fsp3) is 0.778. The molecule has 0 aliphatic heterocycles. The maximum absolute atomic E-state index is 11.3. The molecule has 0 spiro atoms. The largest absolute Gasteiger partial charge is 0.480 e. The van der Waals surface area contributed by atoms with Gasteiger partial charge >= 0.3 is 12.0 Å². The van der Waals surface area contributed by atoms with Crippen molar-refractivity contribution in [2.24, 2.45) is 0 Å². The molecule has 4 N–H and O–H groups in total. The van der Waals surface area contributed by atoms with Crippen LogP contribution in [-0.4, -0.2) is 39.9 Å². The number of rotatable bonds is 3. The van der Waals surface area contributed by atoms with Crippen LogP contribution in [0.5, 0.6) is 0 Å². The highest BCUT2D eigenvalue weighted by Crippen LogP contribution is 1.99. The van der Waals surface area contributed by atoms with Gasteiger partial charge in [-0.25, -0.2) is 9.59 Å². The number of aliphatic hydroxyl groups excluding tert-OH is 1. The molecule has 6 heteroatoms. The Morgan fingerprint density at radius 1 is 1.27 bits per heavy atom. The Morgan fingerprint density at radius 3 is 2.00 bits per heavy atom. The zero-order valence-corrected chi connectivity index (χ0v) is 9.37. The van der Waals surface area contributed by atoms with E-state index >= 15 is 0 Å². The molecule has 2 atom stereocenters. The molecular weight excluding hydrogens is 200 g/mol. The molecule has 0 bridgehead atoms. The summed E-state index contributed by atoms with van der Waals surface area (Å²) >= 11 is 0. The second-order valence-corrected chi connectivity index (χ2v) is 4.40. The number of carbonyl (C=O) groups is 2. The van der Waals surface area contributed by atoms with Gasteiger partial charge in [0, 0.05) is 5.54 Å². The number of aliphatic hydroxyl groups is 1. The monoisotopic (exact) mass is 218 g/mol. The molecule has 0 aromatic heterocycles. The quantitative estimate of drug-likeness (QED) is 0.532. The van der Waals surface area contributed by atoms with Crippen LogP contribution in [0.25, 0.3) is 0 Å². The lowest BCUT2D eigenvalue weighted by Gasteiger charge is -2.23. The summed E-state index contributed by atoms with van der Waals surface area (Å²) < 4.78 is 0. The number of carboxylic acid groups (broad SMARTS) is 1. The van der Waals surface area contributed by atoms with Crippen molar-refractivity contribution in [2.45, 2.75) is 45.4 Å². The minimum atomic E-state index is -1.30. The van der Waals surface area contributed by atoms with Gasteiger partial charge in [0.25, 0.3) is 0 Å². The first kappa shape index (κ1) is 13.7. The van der Waals surface area contributed by atoms with Crippen LogP contribution in [0.2, 0.25) is 0 Å². The fourth-order valence-corrected chi connectivity index (χ4v) is 0.907. The summed E-state index contributed by atoms with van der Waals surface area (Å²) in [5.41, 5.74) is -0.453. The molecular formula is C9H18N2O4. The van der Waals surface area contributed by atoms with Gasteiger partial charge in [-0.2, -0.15) is 0 Å². The van der Waals surface area contributed by atoms with Gasteiger partial charge in [-0.3, -0.25) is 0 Å². The van der Waals surface area contributed by atoms with Crippen LogP contribution in [0.1, 0.15) is 27.7 Å². The second-order valence-electron chi connectivity index (χ2n) is 4.40. The molecule has 88 valence electrons. The van der Waals surface area contributed by atoms with Gasteiger partial charge in [0.15, 0.2) is 6.04 Å². The number of carbonyl (C=O) groups excluding carboxylic acids is 1. The summed E-state index contributed by atoms with van der Waals surface area (Å²) in [6.45, 7) is 6.61. The number of aliphatic carboxylic acids is 1. The van der Waals surface area contributed by atoms with Crippen molar-refractivity contribution >= 4 is 12.0 Å². The van der Waals surface area contributed by atoms with Crippen molar-refractivity contribution < 1.29 is 19.8 Å². The first-order valence-electron chi connectivity index (χ1n) is 4.63. The molecule has 0 radical (unpaired) electrons. The molecule has 15 heavy (non-hydrogen) atoms. The maximum atomic E-state index is 11.3. The van der Waals surface area contributed by atoms with Crippen LogP contribution in [0.4, 0.5) is 4.79 Å². The van der Waals surface area contributed by atoms with Crippen LogP contribution >= 0.6 is 0 Å². The number of carboxylic acids is 1. The van der Waals surface area contributed by atoms with Crippen molar-refractivity contribution in [2.75, 3.05) is 0 Å². The van der Waals surface area contributed by atoms with Gasteiger partial charge in [-0.1, -0.05) is 0 Å². The molecule has 0 aliphatic rings. The van der Waals surface area contributed by atoms with E-state index in [1.54, 1.807) is 20.8 Å². The molecule has 0 saturated heterocycles. The van der Waals surface area contributed by atoms with E-state index in [1.807, 2.05) is 0 Å². The lowest BCUT2D eigenvalue weighted by atomic mass is 10.1. The molecule has 2 amide bonds. The molecule has 0 aliphatic carbocycles. The number of urea groups is 1. The average Bonchev–Trinajstić information content (AvgIpc) is 1.95. The Balaban J connectivity index is 4.31. The Kier molecular flexibility index (Phi) is 4.54. The van der Waals surface area contributed by atoms with E-state index in [0.29, 0.717) is 0 Å². The van der Waals surface area contributed by atoms with E-state index < -0.39 is 29.7 Å². The molecule has 0 heterocycles. The average molecular weight is 218 g/mol. The smallest absolute Gasteiger partial charge is 0.328 e. The van der Waals surface area contributed by atoms with E-state index in [9.17, 15) is 9.59 Å². The van der Waals surface area contributed by atoms with Gasteiger partial charge < -0.3 is 20.8 Å². The second kappa shape index (κ2) is 4.97. The van der Waals surface area contributed by atoms with Gasteiger partial charge in [0.2, 0.25) is 0 Å². The van der Waals surface area contributed by atoms with Gasteiger partial charge in [-0.15, -0.1) is 0 Å². The predicted molar refractivity (Wildman–Crippen MR) is 54.5 cm³/mol. The zero-order chi connectivity index (χ0) is 12.2. The molecule has 6 nitrogen and oxygen atoms in total. The highest BCUT2D eigenvalue weighted by molar-refractivity contribution is 5.83. The van der Waals surface area contributed by atoms with Crippen molar-refractivity contribution in [1.29, 1.82) is 0 Å². The van der Waals surface area contributed by atoms with Gasteiger partial charge in [0.1, 0.15) is 0 Å². The molecule has 0 rings (SSSR count). The van der Waals surface area contributed by atoms with E-state index in [-0.39, 0.29) is 0 Å². The normalized spacial score (nSPS) is 15.3. The van der Waals surface area contributed by atoms with Crippen molar-refractivity contribution in [3.8, 4) is 0 Å². The summed E-state index contributed by atoms with van der Waals surface area (Å²) in [4.78, 5) is 21.9. The Hall–Kier alpha value is -1.30. The first-order valence-corrected chi connectivity index (χ1v) is 4.63. The summed E-state index contributed by atoms with van der Waals surface area (Å²) in [5.74, 6) is -1.27. The lowest BCUT2D eigenvalue weighted by molar-refractivity contribution is -0.141. The number of hydrogen-bond acceptors (Lipinski definition) is 3. The SMILES string of the molecule is CC(O)C(NC(=O)NC(C)(C)C)C(=O)O. The van der Waals surface area contributed by atoms with E-state index in [0.717, 1.165) is 0 Å². The third kappa shape index (κ3) is 5.90. The van der Waals surface area contributed by atoms with E-state index in [1.165, 1.54) is 6.92 Å². The van der Waals surface area contributed by atoms with Crippen LogP contribution in [0.15, 0.2) is 0 Å². The third-order valence-corrected chi connectivity index (χ3v) is 1.52. The Bertz CT molecular complexity index is 245. The van der Waals surface area contributed by atoms with Gasteiger partial charge in [0.05, 0.1) is 6.10 Å². The lowest BCUT2D eigenvalue weighted by Crippen LogP contribution is -2.54. The molecule has 0 aromatic rings. The van der Waals surface area contributed by atoms with Gasteiger partial charge in [-0.05, 0) is 27.7 Å². The number of amides is 2. The highest BCUT2D eigenvalue weighted by Gasteiger charge is 2.26. The number of nitrogens with one attached hydrogen (secondary N) is 2. The summed E-state index contributed by atoms with van der Waals surface area (Å²) in [6.07, 6.45) is -1.15. The summed E-state index contributed by atoms with van der Waals surface area (Å²) in [7, 11) is 0. The standard InChI is InChI=1S/C9H18N2O4/c1-5(12)6(7(13)14)10-8(15)11-9(2,3)4/h5-6,12H,1-4H3,(H,13,14)(H2,10,11,15). The predicted octanol–water partition coefficient (Wildman–Crippen LogP) is -0.0819. The van der Waals surface area contributed by atoms with Crippen LogP contribution in [-0.2, 0) is 4.79 Å². The Morgan fingerprint density at radius 2 is 1.73 bits per heavy atom. The minimum absolute atomic E-state index is 0.453.